The van der Waals surface area contributed by atoms with Crippen molar-refractivity contribution in [3.8, 4) is 0 Å². The van der Waals surface area contributed by atoms with Crippen molar-refractivity contribution >= 4 is 29.9 Å². The van der Waals surface area contributed by atoms with Crippen LogP contribution in [0.4, 0.5) is 0 Å². The Kier molecular flexibility index (Phi) is 6.89. The van der Waals surface area contributed by atoms with Gasteiger partial charge in [-0.1, -0.05) is 38.1 Å². The van der Waals surface area contributed by atoms with Gasteiger partial charge in [0, 0.05) is 38.2 Å². The minimum atomic E-state index is 0. The Morgan fingerprint density at radius 1 is 1.22 bits per heavy atom. The highest BCUT2D eigenvalue weighted by Crippen LogP contribution is 2.46. The quantitative estimate of drug-likeness (QED) is 0.449. The number of benzene rings is 1. The Balaban J connectivity index is 0.00000264. The lowest BCUT2D eigenvalue weighted by Gasteiger charge is -2.62. The van der Waals surface area contributed by atoms with Gasteiger partial charge in [0.15, 0.2) is 5.96 Å². The zero-order chi connectivity index (χ0) is 16.4. The Labute approximate surface area is 157 Å². The number of rotatable bonds is 4. The van der Waals surface area contributed by atoms with Crippen molar-refractivity contribution in [3.05, 3.63) is 35.4 Å². The molecule has 0 amide bonds. The van der Waals surface area contributed by atoms with E-state index in [0.29, 0.717) is 12.0 Å². The fourth-order valence-corrected chi connectivity index (χ4v) is 2.90. The third-order valence-electron chi connectivity index (χ3n) is 5.21. The number of halogens is 1. The van der Waals surface area contributed by atoms with Crippen molar-refractivity contribution in [2.45, 2.75) is 46.4 Å². The number of hydrogen-bond acceptors (Lipinski definition) is 2. The molecule has 1 saturated heterocycles. The number of hydrogen-bond donors (Lipinski definition) is 1. The lowest BCUT2D eigenvalue weighted by molar-refractivity contribution is -0.0668. The number of ether oxygens (including phenoxy) is 1. The van der Waals surface area contributed by atoms with Crippen LogP contribution in [0.15, 0.2) is 29.3 Å². The molecule has 0 atom stereocenters. The zero-order valence-electron chi connectivity index (χ0n) is 15.1. The van der Waals surface area contributed by atoms with E-state index in [0.717, 1.165) is 19.0 Å². The second-order valence-electron chi connectivity index (χ2n) is 7.13. The molecule has 0 aromatic heterocycles. The summed E-state index contributed by atoms with van der Waals surface area (Å²) in [6.45, 7) is 11.6. The summed E-state index contributed by atoms with van der Waals surface area (Å²) in [6.07, 6.45) is 0. The van der Waals surface area contributed by atoms with E-state index in [-0.39, 0.29) is 29.5 Å². The van der Waals surface area contributed by atoms with Crippen molar-refractivity contribution in [1.29, 1.82) is 0 Å². The fourth-order valence-electron chi connectivity index (χ4n) is 2.90. The molecule has 0 spiro atoms. The van der Waals surface area contributed by atoms with Gasteiger partial charge in [-0.3, -0.25) is 4.99 Å². The van der Waals surface area contributed by atoms with Crippen LogP contribution in [-0.4, -0.2) is 37.1 Å². The molecule has 1 aromatic carbocycles. The number of likely N-dealkylation sites (tertiary alicyclic amines) is 1. The van der Waals surface area contributed by atoms with Crippen molar-refractivity contribution in [1.82, 2.24) is 10.2 Å². The van der Waals surface area contributed by atoms with E-state index in [1.807, 2.05) is 13.1 Å². The normalized spacial score (nSPS) is 18.9. The molecule has 130 valence electrons. The van der Waals surface area contributed by atoms with E-state index in [9.17, 15) is 0 Å². The molecule has 1 aromatic rings. The predicted octanol–water partition coefficient (Wildman–Crippen LogP) is 3.65. The first-order valence-corrected chi connectivity index (χ1v) is 7.87. The third kappa shape index (κ3) is 3.99. The molecular formula is C18H30IN3O. The summed E-state index contributed by atoms with van der Waals surface area (Å²) in [5.74, 6) is 0.969. The molecule has 0 saturated carbocycles. The van der Waals surface area contributed by atoms with Gasteiger partial charge >= 0.3 is 0 Å². The maximum absolute atomic E-state index is 5.27. The van der Waals surface area contributed by atoms with Crippen LogP contribution in [-0.2, 0) is 17.9 Å². The average molecular weight is 431 g/mol. The van der Waals surface area contributed by atoms with E-state index in [4.69, 9.17) is 4.74 Å². The van der Waals surface area contributed by atoms with Crippen LogP contribution < -0.4 is 5.32 Å². The lowest BCUT2D eigenvalue weighted by Crippen LogP contribution is -2.72. The monoisotopic (exact) mass is 431 g/mol. The van der Waals surface area contributed by atoms with Crippen LogP contribution in [0.1, 0.15) is 38.8 Å². The summed E-state index contributed by atoms with van der Waals surface area (Å²) in [4.78, 5) is 6.82. The second kappa shape index (κ2) is 7.83. The molecule has 4 nitrogen and oxygen atoms in total. The van der Waals surface area contributed by atoms with Gasteiger partial charge in [0.05, 0.1) is 6.61 Å². The maximum Gasteiger partial charge on any atom is 0.194 e. The van der Waals surface area contributed by atoms with Gasteiger partial charge in [0.2, 0.25) is 0 Å². The molecule has 0 radical (unpaired) electrons. The summed E-state index contributed by atoms with van der Waals surface area (Å²) < 4.78 is 5.27. The Bertz CT molecular complexity index is 555. The molecule has 0 unspecified atom stereocenters. The summed E-state index contributed by atoms with van der Waals surface area (Å²) in [5.41, 5.74) is 2.89. The Morgan fingerprint density at radius 3 is 2.30 bits per heavy atom. The van der Waals surface area contributed by atoms with Gasteiger partial charge in [-0.25, -0.2) is 0 Å². The number of nitrogens with one attached hydrogen (secondary N) is 1. The first-order chi connectivity index (χ1) is 10.3. The summed E-state index contributed by atoms with van der Waals surface area (Å²) >= 11 is 0. The van der Waals surface area contributed by atoms with Crippen LogP contribution in [0, 0.1) is 5.41 Å². The van der Waals surface area contributed by atoms with E-state index in [1.54, 1.807) is 7.11 Å². The summed E-state index contributed by atoms with van der Waals surface area (Å²) in [5, 5.41) is 3.50. The topological polar surface area (TPSA) is 36.9 Å². The van der Waals surface area contributed by atoms with Crippen LogP contribution in [0.25, 0.3) is 0 Å². The van der Waals surface area contributed by atoms with Gasteiger partial charge in [0.1, 0.15) is 0 Å². The van der Waals surface area contributed by atoms with Crippen molar-refractivity contribution < 1.29 is 4.74 Å². The average Bonchev–Trinajstić information content (AvgIpc) is 2.48. The number of methoxy groups -OCH3 is 1. The Morgan fingerprint density at radius 2 is 1.83 bits per heavy atom. The highest BCUT2D eigenvalue weighted by Gasteiger charge is 2.53. The number of guanidine groups is 1. The molecule has 23 heavy (non-hydrogen) atoms. The molecule has 1 heterocycles. The second-order valence-corrected chi connectivity index (χ2v) is 7.13. The highest BCUT2D eigenvalue weighted by atomic mass is 127. The molecule has 0 aliphatic carbocycles. The standard InChI is InChI=1S/C18H29N3O.HI/c1-17(2)13-21(18(17,3)4)16(19-5)20-11-14-9-7-8-10-15(14)12-22-6;/h7-10H,11-13H2,1-6H3,(H,19,20);1H. The van der Waals surface area contributed by atoms with Gasteiger partial charge < -0.3 is 15.0 Å². The van der Waals surface area contributed by atoms with Crippen LogP contribution in [0.2, 0.25) is 0 Å². The van der Waals surface area contributed by atoms with Crippen molar-refractivity contribution in [2.75, 3.05) is 20.7 Å². The Hall–Kier alpha value is -0.820. The molecule has 2 rings (SSSR count). The lowest BCUT2D eigenvalue weighted by atomic mass is 9.65. The van der Waals surface area contributed by atoms with E-state index >= 15 is 0 Å². The number of nitrogens with zero attached hydrogens (tertiary/aromatic N) is 2. The maximum atomic E-state index is 5.27. The van der Waals surface area contributed by atoms with E-state index < -0.39 is 0 Å². The fraction of sp³-hybridized carbons (Fsp3) is 0.611. The third-order valence-corrected chi connectivity index (χ3v) is 5.21. The van der Waals surface area contributed by atoms with Gasteiger partial charge in [-0.2, -0.15) is 0 Å². The van der Waals surface area contributed by atoms with Crippen molar-refractivity contribution in [2.24, 2.45) is 10.4 Å². The molecule has 5 heteroatoms. The van der Waals surface area contributed by atoms with Gasteiger partial charge in [0.25, 0.3) is 0 Å². The molecule has 0 bridgehead atoms. The van der Waals surface area contributed by atoms with E-state index in [1.165, 1.54) is 11.1 Å². The first kappa shape index (κ1) is 20.2. The first-order valence-electron chi connectivity index (χ1n) is 7.87. The zero-order valence-corrected chi connectivity index (χ0v) is 17.5. The SMILES string of the molecule is CN=C(NCc1ccccc1COC)N1CC(C)(C)C1(C)C.I. The van der Waals surface area contributed by atoms with Crippen LogP contribution in [0.3, 0.4) is 0 Å². The van der Waals surface area contributed by atoms with Crippen LogP contribution >= 0.6 is 24.0 Å². The highest BCUT2D eigenvalue weighted by molar-refractivity contribution is 14.0. The minimum absolute atomic E-state index is 0. The molecule has 1 N–H and O–H groups in total. The van der Waals surface area contributed by atoms with E-state index in [2.05, 4.69) is 61.1 Å². The summed E-state index contributed by atoms with van der Waals surface area (Å²) in [7, 11) is 3.58. The minimum Gasteiger partial charge on any atom is -0.380 e. The van der Waals surface area contributed by atoms with Crippen LogP contribution in [0.5, 0.6) is 0 Å². The van der Waals surface area contributed by atoms with Gasteiger partial charge in [-0.15, -0.1) is 24.0 Å². The molecule has 1 aliphatic heterocycles. The smallest absolute Gasteiger partial charge is 0.194 e. The molecule has 1 aliphatic rings. The van der Waals surface area contributed by atoms with Crippen molar-refractivity contribution in [3.63, 3.8) is 0 Å². The largest absolute Gasteiger partial charge is 0.380 e. The van der Waals surface area contributed by atoms with Gasteiger partial charge in [-0.05, 0) is 25.0 Å². The summed E-state index contributed by atoms with van der Waals surface area (Å²) in [6, 6.07) is 8.36. The molecule has 1 fully saturated rings. The number of aliphatic imine (C=N–C) groups is 1. The molecular weight excluding hydrogens is 401 g/mol. The predicted molar refractivity (Wildman–Crippen MR) is 107 cm³/mol.